The van der Waals surface area contributed by atoms with E-state index in [0.717, 1.165) is 30.3 Å². The van der Waals surface area contributed by atoms with Gasteiger partial charge in [-0.2, -0.15) is 0 Å². The summed E-state index contributed by atoms with van der Waals surface area (Å²) >= 11 is 0. The highest BCUT2D eigenvalue weighted by molar-refractivity contribution is 5.71. The summed E-state index contributed by atoms with van der Waals surface area (Å²) < 4.78 is 4.89. The van der Waals surface area contributed by atoms with Gasteiger partial charge in [-0.3, -0.25) is 4.79 Å². The van der Waals surface area contributed by atoms with Gasteiger partial charge in [0.05, 0.1) is 13.0 Å². The predicted molar refractivity (Wildman–Crippen MR) is 106 cm³/mol. The lowest BCUT2D eigenvalue weighted by Gasteiger charge is -2.21. The number of carbonyl (C=O) groups excluding carboxylic acids is 1. The first-order valence-corrected chi connectivity index (χ1v) is 10.1. The number of hydrogen-bond acceptors (Lipinski definition) is 6. The van der Waals surface area contributed by atoms with Gasteiger partial charge in [-0.25, -0.2) is 0 Å². The van der Waals surface area contributed by atoms with E-state index in [1.165, 1.54) is 25.7 Å². The van der Waals surface area contributed by atoms with Crippen LogP contribution in [-0.2, 0) is 9.53 Å². The van der Waals surface area contributed by atoms with Gasteiger partial charge in [-0.15, -0.1) is 0 Å². The van der Waals surface area contributed by atoms with E-state index >= 15 is 0 Å². The number of hydrogen-bond donors (Lipinski definition) is 4. The molecule has 0 aromatic heterocycles. The third-order valence-electron chi connectivity index (χ3n) is 4.75. The molecular weight excluding hydrogens is 348 g/mol. The van der Waals surface area contributed by atoms with Crippen LogP contribution in [0.4, 0.5) is 0 Å². The third-order valence-corrected chi connectivity index (χ3v) is 4.75. The average molecular weight is 389 g/mol. The Hall–Kier alpha value is -0.950. The lowest BCUT2D eigenvalue weighted by molar-refractivity contribution is -0.151. The van der Waals surface area contributed by atoms with Crippen LogP contribution >= 0.6 is 0 Å². The van der Waals surface area contributed by atoms with Gasteiger partial charge >= 0.3 is 5.97 Å². The van der Waals surface area contributed by atoms with Crippen molar-refractivity contribution in [3.05, 3.63) is 11.6 Å². The standard InChI is InChI=1S/C21H40O6/c1-15(2)7-5-8-16(3)9-6-10-17(4)11-12-20(25)27-14-19(24)21(26)18(23)13-22/h11,15-16,18-19,21-24,26H,5-10,12-14H2,1-4H3/t16?,18-,19+,21+/m1/s1. The predicted octanol–water partition coefficient (Wildman–Crippen LogP) is 2.57. The minimum Gasteiger partial charge on any atom is -0.463 e. The molecule has 0 aromatic carbocycles. The fourth-order valence-corrected chi connectivity index (χ4v) is 2.81. The number of ether oxygens (including phenoxy) is 1. The molecule has 4 N–H and O–H groups in total. The van der Waals surface area contributed by atoms with E-state index in [-0.39, 0.29) is 6.42 Å². The number of aliphatic hydroxyl groups excluding tert-OH is 4. The fraction of sp³-hybridized carbons (Fsp3) is 0.857. The summed E-state index contributed by atoms with van der Waals surface area (Å²) in [7, 11) is 0. The summed E-state index contributed by atoms with van der Waals surface area (Å²) in [5.41, 5.74) is 1.14. The molecule has 0 spiro atoms. The summed E-state index contributed by atoms with van der Waals surface area (Å²) in [6.45, 7) is 7.70. The number of esters is 1. The van der Waals surface area contributed by atoms with Crippen LogP contribution in [0.15, 0.2) is 11.6 Å². The molecule has 0 radical (unpaired) electrons. The zero-order chi connectivity index (χ0) is 20.8. The summed E-state index contributed by atoms with van der Waals surface area (Å²) in [6, 6.07) is 0. The summed E-state index contributed by atoms with van der Waals surface area (Å²) in [4.78, 5) is 11.7. The van der Waals surface area contributed by atoms with Crippen LogP contribution in [0.25, 0.3) is 0 Å². The smallest absolute Gasteiger partial charge is 0.309 e. The van der Waals surface area contributed by atoms with E-state index in [1.807, 2.05) is 13.0 Å². The van der Waals surface area contributed by atoms with Crippen molar-refractivity contribution < 1.29 is 30.0 Å². The van der Waals surface area contributed by atoms with Crippen LogP contribution in [0.1, 0.15) is 72.6 Å². The van der Waals surface area contributed by atoms with Gasteiger partial charge < -0.3 is 25.2 Å². The normalized spacial score (nSPS) is 16.9. The van der Waals surface area contributed by atoms with Gasteiger partial charge in [0, 0.05) is 0 Å². The molecule has 0 heterocycles. The Balaban J connectivity index is 3.94. The van der Waals surface area contributed by atoms with E-state index in [2.05, 4.69) is 20.8 Å². The molecule has 0 amide bonds. The van der Waals surface area contributed by atoms with Crippen molar-refractivity contribution in [2.24, 2.45) is 11.8 Å². The van der Waals surface area contributed by atoms with Crippen molar-refractivity contribution >= 4 is 5.97 Å². The Bertz CT molecular complexity index is 421. The number of allylic oxidation sites excluding steroid dienone is 1. The van der Waals surface area contributed by atoms with E-state index in [4.69, 9.17) is 9.84 Å². The van der Waals surface area contributed by atoms with Crippen LogP contribution in [0.2, 0.25) is 0 Å². The average Bonchev–Trinajstić information content (AvgIpc) is 2.62. The molecule has 160 valence electrons. The SMILES string of the molecule is CC(=CCC(=O)OC[C@H](O)[C@@H](O)[C@H](O)CO)CCCC(C)CCCC(C)C. The molecule has 0 bridgehead atoms. The van der Waals surface area contributed by atoms with E-state index in [0.29, 0.717) is 0 Å². The van der Waals surface area contributed by atoms with Gasteiger partial charge in [-0.05, 0) is 31.6 Å². The van der Waals surface area contributed by atoms with Gasteiger partial charge in [0.1, 0.15) is 24.9 Å². The molecule has 0 saturated carbocycles. The quantitative estimate of drug-likeness (QED) is 0.254. The number of rotatable bonds is 15. The maximum absolute atomic E-state index is 11.7. The topological polar surface area (TPSA) is 107 Å². The first kappa shape index (κ1) is 26.1. The maximum atomic E-state index is 11.7. The van der Waals surface area contributed by atoms with Crippen LogP contribution in [-0.4, -0.2) is 57.9 Å². The van der Waals surface area contributed by atoms with Crippen LogP contribution in [0, 0.1) is 11.8 Å². The molecule has 0 fully saturated rings. The number of aliphatic hydroxyl groups is 4. The Morgan fingerprint density at radius 1 is 1.00 bits per heavy atom. The second kappa shape index (κ2) is 15.0. The summed E-state index contributed by atoms with van der Waals surface area (Å²) in [6.07, 6.45) is 4.58. The van der Waals surface area contributed by atoms with Crippen LogP contribution < -0.4 is 0 Å². The zero-order valence-corrected chi connectivity index (χ0v) is 17.4. The van der Waals surface area contributed by atoms with E-state index in [1.54, 1.807) is 0 Å². The summed E-state index contributed by atoms with van der Waals surface area (Å²) in [5, 5.41) is 37.0. The largest absolute Gasteiger partial charge is 0.463 e. The highest BCUT2D eigenvalue weighted by atomic mass is 16.5. The Morgan fingerprint density at radius 2 is 1.63 bits per heavy atom. The molecule has 27 heavy (non-hydrogen) atoms. The van der Waals surface area contributed by atoms with Crippen molar-refractivity contribution in [1.82, 2.24) is 0 Å². The van der Waals surface area contributed by atoms with Gasteiger partial charge in [0.15, 0.2) is 0 Å². The highest BCUT2D eigenvalue weighted by Gasteiger charge is 2.25. The van der Waals surface area contributed by atoms with Crippen molar-refractivity contribution in [3.8, 4) is 0 Å². The molecule has 1 unspecified atom stereocenters. The van der Waals surface area contributed by atoms with Gasteiger partial charge in [-0.1, -0.05) is 58.1 Å². The first-order chi connectivity index (χ1) is 12.7. The van der Waals surface area contributed by atoms with Crippen molar-refractivity contribution in [3.63, 3.8) is 0 Å². The second-order valence-electron chi connectivity index (χ2n) is 8.07. The third kappa shape index (κ3) is 13.8. The molecule has 0 aromatic rings. The highest BCUT2D eigenvalue weighted by Crippen LogP contribution is 2.19. The molecule has 0 aliphatic carbocycles. The van der Waals surface area contributed by atoms with Crippen LogP contribution in [0.5, 0.6) is 0 Å². The molecule has 0 saturated heterocycles. The Morgan fingerprint density at radius 3 is 2.22 bits per heavy atom. The van der Waals surface area contributed by atoms with Gasteiger partial charge in [0.25, 0.3) is 0 Å². The second-order valence-corrected chi connectivity index (χ2v) is 8.07. The molecule has 6 heteroatoms. The van der Waals surface area contributed by atoms with Crippen molar-refractivity contribution in [2.75, 3.05) is 13.2 Å². The number of carbonyl (C=O) groups is 1. The minimum atomic E-state index is -1.55. The van der Waals surface area contributed by atoms with Crippen LogP contribution in [0.3, 0.4) is 0 Å². The first-order valence-electron chi connectivity index (χ1n) is 10.1. The van der Waals surface area contributed by atoms with Crippen molar-refractivity contribution in [1.29, 1.82) is 0 Å². The lowest BCUT2D eigenvalue weighted by atomic mass is 9.94. The fourth-order valence-electron chi connectivity index (χ4n) is 2.81. The van der Waals surface area contributed by atoms with E-state index in [9.17, 15) is 20.1 Å². The Kier molecular flexibility index (Phi) is 14.5. The Labute approximate surface area is 164 Å². The monoisotopic (exact) mass is 388 g/mol. The molecule has 0 rings (SSSR count). The van der Waals surface area contributed by atoms with Crippen molar-refractivity contribution in [2.45, 2.75) is 91.0 Å². The maximum Gasteiger partial charge on any atom is 0.309 e. The molecule has 6 nitrogen and oxygen atoms in total. The molecule has 0 aliphatic heterocycles. The molecule has 4 atom stereocenters. The lowest BCUT2D eigenvalue weighted by Crippen LogP contribution is -2.42. The van der Waals surface area contributed by atoms with E-state index < -0.39 is 37.5 Å². The summed E-state index contributed by atoms with van der Waals surface area (Å²) in [5.74, 6) is 0.996. The minimum absolute atomic E-state index is 0.112. The zero-order valence-electron chi connectivity index (χ0n) is 17.4. The van der Waals surface area contributed by atoms with Gasteiger partial charge in [0.2, 0.25) is 0 Å². The molecular formula is C21H40O6. The molecule has 0 aliphatic rings.